The molecule has 7 heteroatoms. The number of nitrogens with one attached hydrogen (secondary N) is 2. The Bertz CT molecular complexity index is 455. The van der Waals surface area contributed by atoms with Crippen molar-refractivity contribution >= 4 is 47.6 Å². The van der Waals surface area contributed by atoms with Crippen LogP contribution in [0.1, 0.15) is 45.4 Å². The Morgan fingerprint density at radius 1 is 1.31 bits per heavy atom. The maximum absolute atomic E-state index is 12.7. The summed E-state index contributed by atoms with van der Waals surface area (Å²) in [6.07, 6.45) is 8.82. The summed E-state index contributed by atoms with van der Waals surface area (Å²) >= 11 is 1.84. The molecule has 0 aromatic heterocycles. The number of halogens is 1. The average Bonchev–Trinajstić information content (AvgIpc) is 3.10. The summed E-state index contributed by atoms with van der Waals surface area (Å²) in [7, 11) is 0. The van der Waals surface area contributed by atoms with E-state index in [1.54, 1.807) is 0 Å². The molecule has 0 spiro atoms. The van der Waals surface area contributed by atoms with E-state index in [2.05, 4.69) is 34.0 Å². The van der Waals surface area contributed by atoms with E-state index in [0.717, 1.165) is 62.9 Å². The fourth-order valence-electron chi connectivity index (χ4n) is 3.59. The SMILES string of the molecule is C=CCSCCN=C(NCC)NC1CCN(C(=O)C2CCCCC2)C1.I. The molecule has 0 bridgehead atoms. The summed E-state index contributed by atoms with van der Waals surface area (Å²) in [5, 5.41) is 6.82. The van der Waals surface area contributed by atoms with Gasteiger partial charge in [0.15, 0.2) is 5.96 Å². The Morgan fingerprint density at radius 3 is 2.77 bits per heavy atom. The summed E-state index contributed by atoms with van der Waals surface area (Å²) in [6, 6.07) is 0.311. The monoisotopic (exact) mass is 494 g/mol. The van der Waals surface area contributed by atoms with Gasteiger partial charge in [0.1, 0.15) is 0 Å². The molecule has 0 aromatic carbocycles. The van der Waals surface area contributed by atoms with E-state index in [9.17, 15) is 4.79 Å². The lowest BCUT2D eigenvalue weighted by Gasteiger charge is -2.26. The molecule has 2 fully saturated rings. The molecule has 2 aliphatic rings. The minimum absolute atomic E-state index is 0. The molecule has 150 valence electrons. The van der Waals surface area contributed by atoms with Crippen LogP contribution in [-0.2, 0) is 4.79 Å². The summed E-state index contributed by atoms with van der Waals surface area (Å²) in [5.41, 5.74) is 0. The zero-order valence-corrected chi connectivity index (χ0v) is 19.2. The standard InChI is InChI=1S/C19H34N4OS.HI/c1-3-13-25-14-11-21-19(20-4-2)22-17-10-12-23(15-17)18(24)16-8-6-5-7-9-16;/h3,16-17H,1,4-15H2,2H3,(H2,20,21,22);1H. The van der Waals surface area contributed by atoms with Crippen LogP contribution in [0.25, 0.3) is 0 Å². The molecule has 1 saturated carbocycles. The van der Waals surface area contributed by atoms with E-state index in [4.69, 9.17) is 0 Å². The van der Waals surface area contributed by atoms with Gasteiger partial charge in [0, 0.05) is 43.1 Å². The number of likely N-dealkylation sites (tertiary alicyclic amines) is 1. The van der Waals surface area contributed by atoms with Gasteiger partial charge in [-0.3, -0.25) is 9.79 Å². The topological polar surface area (TPSA) is 56.7 Å². The third-order valence-corrected chi connectivity index (χ3v) is 5.82. The summed E-state index contributed by atoms with van der Waals surface area (Å²) < 4.78 is 0. The highest BCUT2D eigenvalue weighted by Crippen LogP contribution is 2.26. The third kappa shape index (κ3) is 8.06. The van der Waals surface area contributed by atoms with Crippen LogP contribution in [0.15, 0.2) is 17.6 Å². The van der Waals surface area contributed by atoms with Gasteiger partial charge in [0.25, 0.3) is 0 Å². The lowest BCUT2D eigenvalue weighted by atomic mass is 9.88. The van der Waals surface area contributed by atoms with Crippen LogP contribution in [0.4, 0.5) is 0 Å². The van der Waals surface area contributed by atoms with Crippen LogP contribution in [0.3, 0.4) is 0 Å². The van der Waals surface area contributed by atoms with Crippen LogP contribution < -0.4 is 10.6 Å². The first-order valence-corrected chi connectivity index (χ1v) is 10.9. The quantitative estimate of drug-likeness (QED) is 0.179. The molecule has 0 aromatic rings. The molecule has 1 amide bonds. The molecule has 1 aliphatic heterocycles. The van der Waals surface area contributed by atoms with Crippen molar-refractivity contribution in [3.63, 3.8) is 0 Å². The highest BCUT2D eigenvalue weighted by molar-refractivity contribution is 14.0. The molecule has 1 saturated heterocycles. The lowest BCUT2D eigenvalue weighted by Crippen LogP contribution is -2.45. The van der Waals surface area contributed by atoms with Gasteiger partial charge in [-0.1, -0.05) is 25.3 Å². The third-order valence-electron chi connectivity index (χ3n) is 4.88. The first-order valence-electron chi connectivity index (χ1n) is 9.76. The van der Waals surface area contributed by atoms with Crippen molar-refractivity contribution in [2.24, 2.45) is 10.9 Å². The minimum atomic E-state index is 0. The molecule has 1 heterocycles. The van der Waals surface area contributed by atoms with Gasteiger partial charge in [0.2, 0.25) is 5.91 Å². The number of guanidine groups is 1. The second kappa shape index (κ2) is 13.7. The van der Waals surface area contributed by atoms with Crippen molar-refractivity contribution in [3.05, 3.63) is 12.7 Å². The number of rotatable bonds is 8. The Hall–Kier alpha value is -0.440. The highest BCUT2D eigenvalue weighted by Gasteiger charge is 2.31. The largest absolute Gasteiger partial charge is 0.357 e. The molecule has 2 rings (SSSR count). The zero-order valence-electron chi connectivity index (χ0n) is 16.0. The Labute approximate surface area is 180 Å². The maximum Gasteiger partial charge on any atom is 0.225 e. The van der Waals surface area contributed by atoms with Crippen molar-refractivity contribution in [1.82, 2.24) is 15.5 Å². The number of nitrogens with zero attached hydrogens (tertiary/aromatic N) is 2. The fourth-order valence-corrected chi connectivity index (χ4v) is 4.14. The maximum atomic E-state index is 12.7. The number of carbonyl (C=O) groups excluding carboxylic acids is 1. The molecule has 1 unspecified atom stereocenters. The predicted octanol–water partition coefficient (Wildman–Crippen LogP) is 3.26. The van der Waals surface area contributed by atoms with Crippen molar-refractivity contribution in [2.45, 2.75) is 51.5 Å². The van der Waals surface area contributed by atoms with E-state index in [1.165, 1.54) is 19.3 Å². The van der Waals surface area contributed by atoms with E-state index < -0.39 is 0 Å². The summed E-state index contributed by atoms with van der Waals surface area (Å²) in [6.45, 7) is 9.15. The molecular formula is C19H35IN4OS. The van der Waals surface area contributed by atoms with E-state index in [1.807, 2.05) is 17.8 Å². The van der Waals surface area contributed by atoms with Crippen molar-refractivity contribution in [3.8, 4) is 0 Å². The normalized spacial score (nSPS) is 21.2. The first-order chi connectivity index (χ1) is 12.2. The summed E-state index contributed by atoms with van der Waals surface area (Å²) in [5.74, 6) is 3.50. The molecule has 26 heavy (non-hydrogen) atoms. The van der Waals surface area contributed by atoms with Crippen molar-refractivity contribution in [1.29, 1.82) is 0 Å². The number of hydrogen-bond acceptors (Lipinski definition) is 3. The van der Waals surface area contributed by atoms with Crippen molar-refractivity contribution in [2.75, 3.05) is 37.7 Å². The van der Waals surface area contributed by atoms with Crippen LogP contribution in [0.2, 0.25) is 0 Å². The van der Waals surface area contributed by atoms with Crippen molar-refractivity contribution < 1.29 is 4.79 Å². The van der Waals surface area contributed by atoms with Gasteiger partial charge < -0.3 is 15.5 Å². The van der Waals surface area contributed by atoms with E-state index >= 15 is 0 Å². The molecule has 1 aliphatic carbocycles. The van der Waals surface area contributed by atoms with Gasteiger partial charge in [-0.15, -0.1) is 30.6 Å². The molecule has 0 radical (unpaired) electrons. The second-order valence-corrected chi connectivity index (χ2v) is 8.02. The van der Waals surface area contributed by atoms with Gasteiger partial charge >= 0.3 is 0 Å². The minimum Gasteiger partial charge on any atom is -0.357 e. The van der Waals surface area contributed by atoms with Gasteiger partial charge in [-0.25, -0.2) is 0 Å². The van der Waals surface area contributed by atoms with E-state index in [-0.39, 0.29) is 29.9 Å². The van der Waals surface area contributed by atoms with Gasteiger partial charge in [-0.05, 0) is 26.2 Å². The van der Waals surface area contributed by atoms with Crippen LogP contribution in [0.5, 0.6) is 0 Å². The van der Waals surface area contributed by atoms with Crippen LogP contribution in [-0.4, -0.2) is 60.5 Å². The number of carbonyl (C=O) groups is 1. The molecule has 2 N–H and O–H groups in total. The first kappa shape index (κ1) is 23.6. The van der Waals surface area contributed by atoms with Gasteiger partial charge in [0.05, 0.1) is 6.54 Å². The highest BCUT2D eigenvalue weighted by atomic mass is 127. The Kier molecular flexibility index (Phi) is 12.4. The van der Waals surface area contributed by atoms with Gasteiger partial charge in [-0.2, -0.15) is 11.8 Å². The predicted molar refractivity (Wildman–Crippen MR) is 124 cm³/mol. The van der Waals surface area contributed by atoms with Crippen LogP contribution >= 0.6 is 35.7 Å². The zero-order chi connectivity index (χ0) is 17.9. The summed E-state index contributed by atoms with van der Waals surface area (Å²) in [4.78, 5) is 19.4. The molecule has 1 atom stereocenters. The Morgan fingerprint density at radius 2 is 2.08 bits per heavy atom. The Balaban J connectivity index is 0.00000338. The van der Waals surface area contributed by atoms with E-state index in [0.29, 0.717) is 11.9 Å². The molecular weight excluding hydrogens is 459 g/mol. The average molecular weight is 494 g/mol. The second-order valence-electron chi connectivity index (χ2n) is 6.87. The van der Waals surface area contributed by atoms with Crippen LogP contribution in [0, 0.1) is 5.92 Å². The number of amides is 1. The smallest absolute Gasteiger partial charge is 0.225 e. The number of thioether (sulfide) groups is 1. The fraction of sp³-hybridized carbons (Fsp3) is 0.789. The molecule has 5 nitrogen and oxygen atoms in total. The number of hydrogen-bond donors (Lipinski definition) is 2. The lowest BCUT2D eigenvalue weighted by molar-refractivity contribution is -0.135. The number of aliphatic imine (C=N–C) groups is 1.